The molecule has 1 aromatic carbocycles. The van der Waals surface area contributed by atoms with Crippen LogP contribution in [0.15, 0.2) is 35.1 Å². The lowest BCUT2D eigenvalue weighted by Crippen LogP contribution is -2.07. The van der Waals surface area contributed by atoms with Gasteiger partial charge in [-0.2, -0.15) is 0 Å². The van der Waals surface area contributed by atoms with Crippen LogP contribution in [0.25, 0.3) is 0 Å². The number of rotatable bonds is 2. The molecule has 0 fully saturated rings. The lowest BCUT2D eigenvalue weighted by atomic mass is 9.95. The second kappa shape index (κ2) is 4.93. The maximum atomic E-state index is 13.2. The minimum Gasteiger partial charge on any atom is -0.349 e. The van der Waals surface area contributed by atoms with E-state index in [4.69, 9.17) is 0 Å². The Labute approximate surface area is 119 Å². The molecule has 0 amide bonds. The lowest BCUT2D eigenvalue weighted by Gasteiger charge is -2.07. The molecule has 0 saturated carbocycles. The van der Waals surface area contributed by atoms with Crippen molar-refractivity contribution in [2.45, 2.75) is 25.8 Å². The molecule has 2 aromatic rings. The number of fused-ring (bicyclic) bond motifs is 1. The third kappa shape index (κ3) is 2.50. The van der Waals surface area contributed by atoms with Crippen LogP contribution in [0.4, 0.5) is 4.39 Å². The smallest absolute Gasteiger partial charge is 0.164 e. The number of hydrogen-bond acceptors (Lipinski definition) is 1. The summed E-state index contributed by atoms with van der Waals surface area (Å²) >= 11 is 3.19. The molecule has 0 atom stereocenters. The Kier molecular flexibility index (Phi) is 3.27. The predicted molar refractivity (Wildman–Crippen MR) is 74.9 cm³/mol. The molecule has 1 aliphatic rings. The fraction of sp³-hybridized carbons (Fsp3) is 0.267. The molecule has 0 aliphatic heterocycles. The van der Waals surface area contributed by atoms with Crippen molar-refractivity contribution in [3.8, 4) is 0 Å². The average molecular weight is 322 g/mol. The summed E-state index contributed by atoms with van der Waals surface area (Å²) in [5.74, 6) is -0.0222. The van der Waals surface area contributed by atoms with Crippen LogP contribution in [0.3, 0.4) is 0 Å². The van der Waals surface area contributed by atoms with E-state index in [2.05, 4.69) is 15.9 Å². The van der Waals surface area contributed by atoms with Gasteiger partial charge in [-0.3, -0.25) is 4.79 Å². The second-order valence-electron chi connectivity index (χ2n) is 4.89. The maximum Gasteiger partial charge on any atom is 0.164 e. The Morgan fingerprint density at radius 1 is 1.26 bits per heavy atom. The number of ketones is 1. The highest BCUT2D eigenvalue weighted by Gasteiger charge is 2.19. The fourth-order valence-corrected chi connectivity index (χ4v) is 2.95. The summed E-state index contributed by atoms with van der Waals surface area (Å²) in [7, 11) is 0. The zero-order chi connectivity index (χ0) is 13.4. The lowest BCUT2D eigenvalue weighted by molar-refractivity contribution is 0.0973. The second-order valence-corrected chi connectivity index (χ2v) is 5.75. The minimum atomic E-state index is -0.259. The molecule has 1 heterocycles. The van der Waals surface area contributed by atoms with E-state index in [0.717, 1.165) is 29.5 Å². The molecule has 98 valence electrons. The van der Waals surface area contributed by atoms with Crippen molar-refractivity contribution in [1.29, 1.82) is 0 Å². The van der Waals surface area contributed by atoms with Gasteiger partial charge < -0.3 is 4.57 Å². The summed E-state index contributed by atoms with van der Waals surface area (Å²) in [4.78, 5) is 11.8. The Balaban J connectivity index is 1.87. The molecule has 4 heteroatoms. The summed E-state index contributed by atoms with van der Waals surface area (Å²) in [6, 6.07) is 4.99. The van der Waals surface area contributed by atoms with Gasteiger partial charge in [0.2, 0.25) is 0 Å². The van der Waals surface area contributed by atoms with Gasteiger partial charge in [0.1, 0.15) is 5.82 Å². The summed E-state index contributed by atoms with van der Waals surface area (Å²) in [6.45, 7) is 0.652. The van der Waals surface area contributed by atoms with Gasteiger partial charge in [-0.15, -0.1) is 0 Å². The highest BCUT2D eigenvalue weighted by Crippen LogP contribution is 2.23. The normalized spacial score (nSPS) is 14.5. The highest BCUT2D eigenvalue weighted by atomic mass is 79.9. The van der Waals surface area contributed by atoms with E-state index in [1.165, 1.54) is 6.07 Å². The monoisotopic (exact) mass is 321 g/mol. The number of halogens is 2. The van der Waals surface area contributed by atoms with Crippen molar-refractivity contribution in [1.82, 2.24) is 4.57 Å². The Bertz CT molecular complexity index is 648. The molecule has 0 unspecified atom stereocenters. The Morgan fingerprint density at radius 2 is 2.11 bits per heavy atom. The molecule has 19 heavy (non-hydrogen) atoms. The van der Waals surface area contributed by atoms with Crippen LogP contribution < -0.4 is 0 Å². The molecule has 0 bridgehead atoms. The van der Waals surface area contributed by atoms with Crippen LogP contribution in [0, 0.1) is 5.82 Å². The first kappa shape index (κ1) is 12.6. The van der Waals surface area contributed by atoms with Gasteiger partial charge in [-0.25, -0.2) is 4.39 Å². The third-order valence-electron chi connectivity index (χ3n) is 3.46. The molecule has 3 rings (SSSR count). The van der Waals surface area contributed by atoms with Crippen LogP contribution in [-0.2, 0) is 13.0 Å². The van der Waals surface area contributed by atoms with E-state index in [1.807, 2.05) is 17.0 Å². The first-order valence-corrected chi connectivity index (χ1v) is 7.08. The zero-order valence-corrected chi connectivity index (χ0v) is 11.9. The van der Waals surface area contributed by atoms with Crippen molar-refractivity contribution in [3.05, 3.63) is 57.6 Å². The van der Waals surface area contributed by atoms with Crippen molar-refractivity contribution in [2.75, 3.05) is 0 Å². The van der Waals surface area contributed by atoms with Gasteiger partial charge in [0.05, 0.1) is 4.47 Å². The largest absolute Gasteiger partial charge is 0.349 e. The van der Waals surface area contributed by atoms with Gasteiger partial charge in [0.15, 0.2) is 5.78 Å². The van der Waals surface area contributed by atoms with Gasteiger partial charge in [0.25, 0.3) is 0 Å². The highest BCUT2D eigenvalue weighted by molar-refractivity contribution is 9.10. The minimum absolute atomic E-state index is 0.236. The van der Waals surface area contributed by atoms with Gasteiger partial charge in [-0.1, -0.05) is 6.07 Å². The molecule has 0 saturated heterocycles. The van der Waals surface area contributed by atoms with Crippen molar-refractivity contribution < 1.29 is 9.18 Å². The molecule has 1 aliphatic carbocycles. The van der Waals surface area contributed by atoms with Crippen molar-refractivity contribution in [3.63, 3.8) is 0 Å². The van der Waals surface area contributed by atoms with E-state index in [-0.39, 0.29) is 11.6 Å². The first-order chi connectivity index (χ1) is 9.13. The van der Waals surface area contributed by atoms with Crippen LogP contribution >= 0.6 is 15.9 Å². The fourth-order valence-electron chi connectivity index (χ4n) is 2.52. The molecule has 0 spiro atoms. The van der Waals surface area contributed by atoms with E-state index in [9.17, 15) is 9.18 Å². The SMILES string of the molecule is O=C1CCCc2cn(Cc3ccc(F)c(Br)c3)cc21. The van der Waals surface area contributed by atoms with Gasteiger partial charge >= 0.3 is 0 Å². The summed E-state index contributed by atoms with van der Waals surface area (Å²) in [5.41, 5.74) is 3.00. The zero-order valence-electron chi connectivity index (χ0n) is 10.3. The number of benzene rings is 1. The average Bonchev–Trinajstić information content (AvgIpc) is 2.78. The van der Waals surface area contributed by atoms with Crippen LogP contribution in [-0.4, -0.2) is 10.4 Å². The predicted octanol–water partition coefficient (Wildman–Crippen LogP) is 3.96. The van der Waals surface area contributed by atoms with Crippen molar-refractivity contribution in [2.24, 2.45) is 0 Å². The van der Waals surface area contributed by atoms with Gasteiger partial charge in [0, 0.05) is 30.9 Å². The Morgan fingerprint density at radius 3 is 2.84 bits per heavy atom. The molecule has 0 N–H and O–H groups in total. The first-order valence-electron chi connectivity index (χ1n) is 6.29. The third-order valence-corrected chi connectivity index (χ3v) is 4.07. The van der Waals surface area contributed by atoms with E-state index >= 15 is 0 Å². The number of aromatic nitrogens is 1. The van der Waals surface area contributed by atoms with Crippen molar-refractivity contribution >= 4 is 21.7 Å². The number of hydrogen-bond donors (Lipinski definition) is 0. The van der Waals surface area contributed by atoms with E-state index in [0.29, 0.717) is 17.4 Å². The standard InChI is InChI=1S/C15H13BrFNO/c16-13-6-10(4-5-14(13)17)7-18-8-11-2-1-3-15(19)12(11)9-18/h4-6,8-9H,1-3,7H2. The number of nitrogens with zero attached hydrogens (tertiary/aromatic N) is 1. The molecular formula is C15H13BrFNO. The summed E-state index contributed by atoms with van der Waals surface area (Å²) in [6.07, 6.45) is 6.51. The van der Waals surface area contributed by atoms with E-state index < -0.39 is 0 Å². The van der Waals surface area contributed by atoms with Crippen LogP contribution in [0.2, 0.25) is 0 Å². The molecule has 1 aromatic heterocycles. The van der Waals surface area contributed by atoms with Crippen LogP contribution in [0.1, 0.15) is 34.3 Å². The quantitative estimate of drug-likeness (QED) is 0.820. The summed E-state index contributed by atoms with van der Waals surface area (Å²) in [5, 5.41) is 0. The Hall–Kier alpha value is -1.42. The molecular weight excluding hydrogens is 309 g/mol. The van der Waals surface area contributed by atoms with Gasteiger partial charge in [-0.05, 0) is 52.0 Å². The van der Waals surface area contributed by atoms with Crippen LogP contribution in [0.5, 0.6) is 0 Å². The molecule has 2 nitrogen and oxygen atoms in total. The number of Topliss-reactive ketones (excluding diaryl/α,β-unsaturated/α-hetero) is 1. The number of carbonyl (C=O) groups excluding carboxylic acids is 1. The molecule has 0 radical (unpaired) electrons. The number of aryl methyl sites for hydroxylation is 1. The van der Waals surface area contributed by atoms with E-state index in [1.54, 1.807) is 12.1 Å². The number of carbonyl (C=O) groups is 1. The summed E-state index contributed by atoms with van der Waals surface area (Å²) < 4.78 is 15.7. The topological polar surface area (TPSA) is 22.0 Å². The maximum absolute atomic E-state index is 13.2.